The molecule has 0 amide bonds. The molecule has 0 saturated carbocycles. The van der Waals surface area contributed by atoms with Crippen molar-refractivity contribution in [2.24, 2.45) is 5.92 Å². The van der Waals surface area contributed by atoms with Crippen LogP contribution in [0.2, 0.25) is 0 Å². The van der Waals surface area contributed by atoms with Crippen LogP contribution in [-0.2, 0) is 19.3 Å². The lowest BCUT2D eigenvalue weighted by Crippen LogP contribution is -2.14. The van der Waals surface area contributed by atoms with E-state index in [1.807, 2.05) is 12.1 Å². The third kappa shape index (κ3) is 4.40. The molecule has 1 unspecified atom stereocenters. The second-order valence-corrected chi connectivity index (χ2v) is 8.22. The number of allylic oxidation sites excluding steroid dienone is 4. The monoisotopic (exact) mass is 400 g/mol. The summed E-state index contributed by atoms with van der Waals surface area (Å²) in [6, 6.07) is 14.4. The number of benzene rings is 2. The van der Waals surface area contributed by atoms with Crippen LogP contribution in [0.15, 0.2) is 75.5 Å². The highest BCUT2D eigenvalue weighted by molar-refractivity contribution is 5.82. The standard InChI is InChI=1S/C27H28O3/c1-18-4-8-20(9-5-18)12-14-23-24-15-13-22(29-3)17-26(24)30-27(28)25(23)16-21-10-6-19(2)7-11-21/h4-6,8-11,13,15,17,19H,7,12,14,16H2,1-3H3. The first-order chi connectivity index (χ1) is 14.5. The van der Waals surface area contributed by atoms with Crippen LogP contribution in [-0.4, -0.2) is 7.11 Å². The van der Waals surface area contributed by atoms with Gasteiger partial charge in [-0.3, -0.25) is 0 Å². The number of rotatable bonds is 6. The zero-order valence-electron chi connectivity index (χ0n) is 17.9. The van der Waals surface area contributed by atoms with Crippen molar-refractivity contribution in [1.29, 1.82) is 0 Å². The minimum absolute atomic E-state index is 0.248. The summed E-state index contributed by atoms with van der Waals surface area (Å²) in [5.41, 5.74) is 5.90. The fourth-order valence-corrected chi connectivity index (χ4v) is 4.01. The van der Waals surface area contributed by atoms with E-state index in [9.17, 15) is 4.79 Å². The quantitative estimate of drug-likeness (QED) is 0.479. The van der Waals surface area contributed by atoms with Crippen LogP contribution in [0.3, 0.4) is 0 Å². The van der Waals surface area contributed by atoms with Gasteiger partial charge in [-0.15, -0.1) is 0 Å². The van der Waals surface area contributed by atoms with Crippen molar-refractivity contribution in [3.05, 3.63) is 98.9 Å². The Labute approximate surface area is 177 Å². The fourth-order valence-electron chi connectivity index (χ4n) is 4.01. The first-order valence-corrected chi connectivity index (χ1v) is 10.6. The van der Waals surface area contributed by atoms with Crippen molar-refractivity contribution in [3.8, 4) is 5.75 Å². The summed E-state index contributed by atoms with van der Waals surface area (Å²) in [5.74, 6) is 1.24. The van der Waals surface area contributed by atoms with Crippen molar-refractivity contribution in [2.75, 3.05) is 7.11 Å². The van der Waals surface area contributed by atoms with E-state index < -0.39 is 0 Å². The zero-order valence-corrected chi connectivity index (χ0v) is 17.9. The molecule has 3 aromatic rings. The van der Waals surface area contributed by atoms with E-state index in [-0.39, 0.29) is 5.63 Å². The Morgan fingerprint density at radius 3 is 2.57 bits per heavy atom. The van der Waals surface area contributed by atoms with E-state index in [2.05, 4.69) is 56.3 Å². The summed E-state index contributed by atoms with van der Waals surface area (Å²) >= 11 is 0. The first-order valence-electron chi connectivity index (χ1n) is 10.6. The van der Waals surface area contributed by atoms with Crippen LogP contribution in [0, 0.1) is 12.8 Å². The lowest BCUT2D eigenvalue weighted by Gasteiger charge is -2.15. The van der Waals surface area contributed by atoms with Gasteiger partial charge in [-0.1, -0.05) is 55.0 Å². The maximum Gasteiger partial charge on any atom is 0.340 e. The van der Waals surface area contributed by atoms with Crippen LogP contribution in [0.5, 0.6) is 5.75 Å². The summed E-state index contributed by atoms with van der Waals surface area (Å²) < 4.78 is 11.0. The lowest BCUT2D eigenvalue weighted by atomic mass is 9.90. The van der Waals surface area contributed by atoms with Crippen LogP contribution in [0.1, 0.15) is 35.6 Å². The predicted molar refractivity (Wildman–Crippen MR) is 122 cm³/mol. The Kier molecular flexibility index (Phi) is 5.89. The SMILES string of the molecule is COc1ccc2c(CCc3ccc(C)cc3)c(CC3=CCC(C)C=C3)c(=O)oc2c1. The molecule has 0 aliphatic heterocycles. The zero-order chi connectivity index (χ0) is 21.1. The molecule has 1 aliphatic carbocycles. The molecule has 30 heavy (non-hydrogen) atoms. The van der Waals surface area contributed by atoms with Gasteiger partial charge < -0.3 is 9.15 Å². The van der Waals surface area contributed by atoms with Crippen LogP contribution in [0.25, 0.3) is 11.0 Å². The largest absolute Gasteiger partial charge is 0.497 e. The molecule has 0 fully saturated rings. The van der Waals surface area contributed by atoms with Gasteiger partial charge in [0.2, 0.25) is 0 Å². The molecule has 0 spiro atoms. The topological polar surface area (TPSA) is 39.4 Å². The summed E-state index contributed by atoms with van der Waals surface area (Å²) in [7, 11) is 1.62. The summed E-state index contributed by atoms with van der Waals surface area (Å²) in [5, 5.41) is 0.992. The number of aryl methyl sites for hydroxylation is 3. The van der Waals surface area contributed by atoms with Gasteiger partial charge in [0.15, 0.2) is 0 Å². The van der Waals surface area contributed by atoms with E-state index >= 15 is 0 Å². The highest BCUT2D eigenvalue weighted by atomic mass is 16.5. The minimum atomic E-state index is -0.248. The third-order valence-electron chi connectivity index (χ3n) is 5.88. The number of methoxy groups -OCH3 is 1. The van der Waals surface area contributed by atoms with Gasteiger partial charge in [-0.2, -0.15) is 0 Å². The molecule has 1 heterocycles. The molecular weight excluding hydrogens is 372 g/mol. The first kappa shape index (κ1) is 20.2. The Morgan fingerprint density at radius 2 is 1.87 bits per heavy atom. The van der Waals surface area contributed by atoms with E-state index in [1.54, 1.807) is 13.2 Å². The fraction of sp³-hybridized carbons (Fsp3) is 0.296. The van der Waals surface area contributed by atoms with Crippen molar-refractivity contribution < 1.29 is 9.15 Å². The maximum absolute atomic E-state index is 13.0. The average Bonchev–Trinajstić information content (AvgIpc) is 2.75. The molecule has 0 bridgehead atoms. The Hall–Kier alpha value is -3.07. The molecule has 1 aliphatic rings. The van der Waals surface area contributed by atoms with Gasteiger partial charge in [0, 0.05) is 23.4 Å². The second-order valence-electron chi connectivity index (χ2n) is 8.22. The maximum atomic E-state index is 13.0. The number of hydrogen-bond acceptors (Lipinski definition) is 3. The van der Waals surface area contributed by atoms with E-state index in [1.165, 1.54) is 16.7 Å². The predicted octanol–water partition coefficient (Wildman–Crippen LogP) is 5.96. The minimum Gasteiger partial charge on any atom is -0.497 e. The highest BCUT2D eigenvalue weighted by Crippen LogP contribution is 2.28. The average molecular weight is 401 g/mol. The molecule has 4 rings (SSSR count). The molecule has 1 aromatic heterocycles. The molecule has 154 valence electrons. The number of hydrogen-bond donors (Lipinski definition) is 0. The van der Waals surface area contributed by atoms with Gasteiger partial charge in [0.25, 0.3) is 0 Å². The second kappa shape index (κ2) is 8.74. The summed E-state index contributed by atoms with van der Waals surface area (Å²) in [4.78, 5) is 13.0. The van der Waals surface area contributed by atoms with Gasteiger partial charge in [0.05, 0.1) is 7.11 Å². The third-order valence-corrected chi connectivity index (χ3v) is 5.88. The summed E-state index contributed by atoms with van der Waals surface area (Å²) in [6.07, 6.45) is 9.90. The lowest BCUT2D eigenvalue weighted by molar-refractivity contribution is 0.414. The van der Waals surface area contributed by atoms with Gasteiger partial charge >= 0.3 is 5.63 Å². The number of fused-ring (bicyclic) bond motifs is 1. The van der Waals surface area contributed by atoms with Crippen molar-refractivity contribution in [1.82, 2.24) is 0 Å². The Balaban J connectivity index is 1.75. The van der Waals surface area contributed by atoms with Gasteiger partial charge in [-0.25, -0.2) is 4.79 Å². The van der Waals surface area contributed by atoms with E-state index in [4.69, 9.17) is 9.15 Å². The molecule has 1 atom stereocenters. The molecular formula is C27H28O3. The Bertz CT molecular complexity index is 1160. The molecule has 0 radical (unpaired) electrons. The molecule has 0 saturated heterocycles. The van der Waals surface area contributed by atoms with E-state index in [0.29, 0.717) is 23.7 Å². The smallest absolute Gasteiger partial charge is 0.340 e. The van der Waals surface area contributed by atoms with Crippen LogP contribution >= 0.6 is 0 Å². The van der Waals surface area contributed by atoms with E-state index in [0.717, 1.165) is 35.8 Å². The molecule has 3 nitrogen and oxygen atoms in total. The van der Waals surface area contributed by atoms with Crippen molar-refractivity contribution in [3.63, 3.8) is 0 Å². The van der Waals surface area contributed by atoms with Crippen molar-refractivity contribution >= 4 is 11.0 Å². The normalized spacial score (nSPS) is 16.0. The Morgan fingerprint density at radius 1 is 1.07 bits per heavy atom. The van der Waals surface area contributed by atoms with Crippen LogP contribution < -0.4 is 10.4 Å². The highest BCUT2D eigenvalue weighted by Gasteiger charge is 2.17. The van der Waals surface area contributed by atoms with Crippen LogP contribution in [0.4, 0.5) is 0 Å². The molecule has 3 heteroatoms. The molecule has 2 aromatic carbocycles. The molecule has 0 N–H and O–H groups in total. The summed E-state index contributed by atoms with van der Waals surface area (Å²) in [6.45, 7) is 4.30. The van der Waals surface area contributed by atoms with Crippen molar-refractivity contribution in [2.45, 2.75) is 39.5 Å². The van der Waals surface area contributed by atoms with Gasteiger partial charge in [-0.05, 0) is 60.9 Å². The van der Waals surface area contributed by atoms with Gasteiger partial charge in [0.1, 0.15) is 11.3 Å². The number of ether oxygens (including phenoxy) is 1.